The predicted octanol–water partition coefficient (Wildman–Crippen LogP) is 3.58. The second kappa shape index (κ2) is 8.50. The number of nitrogens with zero attached hydrogens (tertiary/aromatic N) is 1. The highest BCUT2D eigenvalue weighted by atomic mass is 16.5. The fourth-order valence-corrected chi connectivity index (χ4v) is 4.02. The van der Waals surface area contributed by atoms with Gasteiger partial charge < -0.3 is 15.0 Å². The highest BCUT2D eigenvalue weighted by Crippen LogP contribution is 2.43. The summed E-state index contributed by atoms with van der Waals surface area (Å²) in [6.45, 7) is 11.5. The molecule has 2 rings (SSSR count). The van der Waals surface area contributed by atoms with E-state index in [1.54, 1.807) is 0 Å². The van der Waals surface area contributed by atoms with Crippen LogP contribution in [0.5, 0.6) is 0 Å². The van der Waals surface area contributed by atoms with Gasteiger partial charge in [-0.3, -0.25) is 0 Å². The molecule has 0 aromatic rings. The van der Waals surface area contributed by atoms with Gasteiger partial charge >= 0.3 is 0 Å². The summed E-state index contributed by atoms with van der Waals surface area (Å²) in [7, 11) is 0. The SMILES string of the molecule is CCN(CC)CCCC(C)NCC1CCC2(CCCC2)O1. The average Bonchev–Trinajstić information content (AvgIpc) is 3.12. The summed E-state index contributed by atoms with van der Waals surface area (Å²) in [4.78, 5) is 2.51. The number of hydrogen-bond acceptors (Lipinski definition) is 3. The van der Waals surface area contributed by atoms with E-state index in [9.17, 15) is 0 Å². The second-order valence-electron chi connectivity index (χ2n) is 7.15. The molecule has 0 amide bonds. The van der Waals surface area contributed by atoms with Crippen molar-refractivity contribution in [2.24, 2.45) is 0 Å². The molecule has 21 heavy (non-hydrogen) atoms. The summed E-state index contributed by atoms with van der Waals surface area (Å²) in [5.41, 5.74) is 0.290. The van der Waals surface area contributed by atoms with Crippen molar-refractivity contribution < 1.29 is 4.74 Å². The van der Waals surface area contributed by atoms with Gasteiger partial charge in [-0.2, -0.15) is 0 Å². The molecule has 0 aromatic carbocycles. The lowest BCUT2D eigenvalue weighted by Crippen LogP contribution is -2.36. The van der Waals surface area contributed by atoms with E-state index in [1.165, 1.54) is 71.0 Å². The van der Waals surface area contributed by atoms with E-state index >= 15 is 0 Å². The van der Waals surface area contributed by atoms with Crippen LogP contribution in [0, 0.1) is 0 Å². The topological polar surface area (TPSA) is 24.5 Å². The van der Waals surface area contributed by atoms with E-state index in [2.05, 4.69) is 31.0 Å². The van der Waals surface area contributed by atoms with Gasteiger partial charge in [-0.1, -0.05) is 26.7 Å². The Kier molecular flexibility index (Phi) is 6.97. The molecule has 2 aliphatic rings. The molecule has 3 heteroatoms. The standard InChI is InChI=1S/C18H36N2O/c1-4-20(5-2)14-8-9-16(3)19-15-17-10-13-18(21-17)11-6-7-12-18/h16-17,19H,4-15H2,1-3H3. The summed E-state index contributed by atoms with van der Waals surface area (Å²) >= 11 is 0. The van der Waals surface area contributed by atoms with Crippen molar-refractivity contribution in [3.63, 3.8) is 0 Å². The number of nitrogens with one attached hydrogen (secondary N) is 1. The van der Waals surface area contributed by atoms with Crippen LogP contribution in [0.3, 0.4) is 0 Å². The smallest absolute Gasteiger partial charge is 0.0708 e. The minimum atomic E-state index is 0.290. The van der Waals surface area contributed by atoms with Crippen LogP contribution in [0.4, 0.5) is 0 Å². The fraction of sp³-hybridized carbons (Fsp3) is 1.00. The van der Waals surface area contributed by atoms with Gasteiger partial charge in [0, 0.05) is 12.6 Å². The van der Waals surface area contributed by atoms with Crippen LogP contribution in [0.15, 0.2) is 0 Å². The maximum absolute atomic E-state index is 6.37. The summed E-state index contributed by atoms with van der Waals surface area (Å²) in [5, 5.41) is 3.70. The van der Waals surface area contributed by atoms with E-state index in [-0.39, 0.29) is 0 Å². The highest BCUT2D eigenvalue weighted by Gasteiger charge is 2.41. The van der Waals surface area contributed by atoms with Gasteiger partial charge in [0.15, 0.2) is 0 Å². The van der Waals surface area contributed by atoms with E-state index in [0.29, 0.717) is 17.7 Å². The van der Waals surface area contributed by atoms with Crippen molar-refractivity contribution in [3.05, 3.63) is 0 Å². The van der Waals surface area contributed by atoms with Gasteiger partial charge in [-0.05, 0) is 65.1 Å². The summed E-state index contributed by atoms with van der Waals surface area (Å²) in [6.07, 6.45) is 11.0. The van der Waals surface area contributed by atoms with Crippen molar-refractivity contribution >= 4 is 0 Å². The molecule has 1 N–H and O–H groups in total. The van der Waals surface area contributed by atoms with Crippen LogP contribution >= 0.6 is 0 Å². The molecule has 1 spiro atoms. The summed E-state index contributed by atoms with van der Waals surface area (Å²) in [5.74, 6) is 0. The predicted molar refractivity (Wildman–Crippen MR) is 89.8 cm³/mol. The zero-order valence-electron chi connectivity index (χ0n) is 14.5. The first-order valence-electron chi connectivity index (χ1n) is 9.31. The van der Waals surface area contributed by atoms with Gasteiger partial charge in [-0.25, -0.2) is 0 Å². The van der Waals surface area contributed by atoms with Crippen LogP contribution in [0.25, 0.3) is 0 Å². The third-order valence-corrected chi connectivity index (χ3v) is 5.55. The van der Waals surface area contributed by atoms with Crippen molar-refractivity contribution in [3.8, 4) is 0 Å². The van der Waals surface area contributed by atoms with Gasteiger partial charge in [-0.15, -0.1) is 0 Å². The molecule has 2 atom stereocenters. The lowest BCUT2D eigenvalue weighted by Gasteiger charge is -2.25. The maximum Gasteiger partial charge on any atom is 0.0708 e. The molecule has 2 fully saturated rings. The molecule has 3 nitrogen and oxygen atoms in total. The third kappa shape index (κ3) is 5.22. The largest absolute Gasteiger partial charge is 0.370 e. The Labute approximate surface area is 131 Å². The molecule has 124 valence electrons. The Balaban J connectivity index is 1.56. The first-order valence-corrected chi connectivity index (χ1v) is 9.31. The van der Waals surface area contributed by atoms with Crippen molar-refractivity contribution in [2.45, 2.75) is 89.9 Å². The zero-order chi connectivity index (χ0) is 15.1. The van der Waals surface area contributed by atoms with Crippen molar-refractivity contribution in [1.82, 2.24) is 10.2 Å². The van der Waals surface area contributed by atoms with Gasteiger partial charge in [0.05, 0.1) is 11.7 Å². The number of hydrogen-bond donors (Lipinski definition) is 1. The Morgan fingerprint density at radius 2 is 1.90 bits per heavy atom. The molecule has 1 saturated heterocycles. The molecule has 2 unspecified atom stereocenters. The van der Waals surface area contributed by atoms with Crippen LogP contribution in [-0.4, -0.2) is 48.8 Å². The summed E-state index contributed by atoms with van der Waals surface area (Å²) in [6, 6.07) is 0.615. The van der Waals surface area contributed by atoms with Crippen LogP contribution in [-0.2, 0) is 4.74 Å². The lowest BCUT2D eigenvalue weighted by molar-refractivity contribution is -0.0358. The molecular formula is C18H36N2O. The lowest BCUT2D eigenvalue weighted by atomic mass is 9.98. The first kappa shape index (κ1) is 17.2. The fourth-order valence-electron chi connectivity index (χ4n) is 4.02. The average molecular weight is 296 g/mol. The van der Waals surface area contributed by atoms with E-state index in [4.69, 9.17) is 4.74 Å². The molecule has 0 radical (unpaired) electrons. The molecule has 1 saturated carbocycles. The summed E-state index contributed by atoms with van der Waals surface area (Å²) < 4.78 is 6.37. The molecule has 1 aliphatic heterocycles. The molecule has 1 heterocycles. The third-order valence-electron chi connectivity index (χ3n) is 5.55. The zero-order valence-corrected chi connectivity index (χ0v) is 14.5. The maximum atomic E-state index is 6.37. The van der Waals surface area contributed by atoms with Crippen molar-refractivity contribution in [2.75, 3.05) is 26.2 Å². The number of ether oxygens (including phenoxy) is 1. The highest BCUT2D eigenvalue weighted by molar-refractivity contribution is 4.93. The van der Waals surface area contributed by atoms with E-state index < -0.39 is 0 Å². The Morgan fingerprint density at radius 1 is 1.19 bits per heavy atom. The monoisotopic (exact) mass is 296 g/mol. The number of rotatable bonds is 9. The molecule has 1 aliphatic carbocycles. The minimum absolute atomic E-state index is 0.290. The Hall–Kier alpha value is -0.120. The Morgan fingerprint density at radius 3 is 2.57 bits per heavy atom. The van der Waals surface area contributed by atoms with E-state index in [1.807, 2.05) is 0 Å². The first-order chi connectivity index (χ1) is 10.2. The Bertz CT molecular complexity index is 285. The van der Waals surface area contributed by atoms with E-state index in [0.717, 1.165) is 6.54 Å². The van der Waals surface area contributed by atoms with Crippen molar-refractivity contribution in [1.29, 1.82) is 0 Å². The van der Waals surface area contributed by atoms with Crippen LogP contribution in [0.1, 0.15) is 72.1 Å². The second-order valence-corrected chi connectivity index (χ2v) is 7.15. The molecular weight excluding hydrogens is 260 g/mol. The van der Waals surface area contributed by atoms with Crippen LogP contribution in [0.2, 0.25) is 0 Å². The normalized spacial score (nSPS) is 26.0. The molecule has 0 aromatic heterocycles. The minimum Gasteiger partial charge on any atom is -0.370 e. The van der Waals surface area contributed by atoms with Gasteiger partial charge in [0.1, 0.15) is 0 Å². The quantitative estimate of drug-likeness (QED) is 0.704. The van der Waals surface area contributed by atoms with Gasteiger partial charge in [0.25, 0.3) is 0 Å². The van der Waals surface area contributed by atoms with Gasteiger partial charge in [0.2, 0.25) is 0 Å². The van der Waals surface area contributed by atoms with Crippen LogP contribution < -0.4 is 5.32 Å². The molecule has 0 bridgehead atoms.